The lowest BCUT2D eigenvalue weighted by Crippen LogP contribution is -1.95. The number of imidazole rings is 1. The summed E-state index contributed by atoms with van der Waals surface area (Å²) < 4.78 is 5.48. The molecular formula is C17H17ClN4O. The number of hydrogen-bond donors (Lipinski definition) is 2. The maximum Gasteiger partial charge on any atom is 0.142 e. The van der Waals surface area contributed by atoms with E-state index in [-0.39, 0.29) is 0 Å². The number of aromatic nitrogens is 3. The molecule has 2 aromatic heterocycles. The Hall–Kier alpha value is -2.53. The van der Waals surface area contributed by atoms with Crippen molar-refractivity contribution >= 4 is 17.3 Å². The molecule has 2 heterocycles. The standard InChI is InChI=1S/C17H17ClN4O/c1-10-16(11-5-4-6-20-9-11)22-17(21-10)12-7-13(18)14(19-2)8-15(12)23-3/h4-9,19H,1-3H3,(H,21,22). The highest BCUT2D eigenvalue weighted by atomic mass is 35.5. The van der Waals surface area contributed by atoms with Gasteiger partial charge in [0.25, 0.3) is 0 Å². The number of nitrogens with one attached hydrogen (secondary N) is 2. The van der Waals surface area contributed by atoms with E-state index in [0.29, 0.717) is 16.6 Å². The fourth-order valence-corrected chi connectivity index (χ4v) is 2.73. The van der Waals surface area contributed by atoms with Crippen molar-refractivity contribution in [2.45, 2.75) is 6.92 Å². The highest BCUT2D eigenvalue weighted by molar-refractivity contribution is 6.33. The van der Waals surface area contributed by atoms with Crippen LogP contribution in [0.25, 0.3) is 22.6 Å². The molecule has 2 N–H and O–H groups in total. The van der Waals surface area contributed by atoms with Gasteiger partial charge in [0.2, 0.25) is 0 Å². The minimum atomic E-state index is 0.611. The van der Waals surface area contributed by atoms with E-state index >= 15 is 0 Å². The average Bonchev–Trinajstić information content (AvgIpc) is 2.97. The van der Waals surface area contributed by atoms with Gasteiger partial charge in [0.1, 0.15) is 11.6 Å². The Morgan fingerprint density at radius 1 is 1.30 bits per heavy atom. The Balaban J connectivity index is 2.12. The van der Waals surface area contributed by atoms with Gasteiger partial charge in [0.15, 0.2) is 0 Å². The first-order valence-corrected chi connectivity index (χ1v) is 7.54. The maximum atomic E-state index is 6.30. The first-order valence-electron chi connectivity index (χ1n) is 7.16. The Morgan fingerprint density at radius 2 is 2.13 bits per heavy atom. The van der Waals surface area contributed by atoms with Crippen molar-refractivity contribution < 1.29 is 4.74 Å². The first kappa shape index (κ1) is 15.4. The minimum Gasteiger partial charge on any atom is -0.496 e. The highest BCUT2D eigenvalue weighted by Crippen LogP contribution is 2.37. The quantitative estimate of drug-likeness (QED) is 0.755. The number of H-pyrrole nitrogens is 1. The van der Waals surface area contributed by atoms with Crippen molar-refractivity contribution in [3.8, 4) is 28.4 Å². The normalized spacial score (nSPS) is 10.6. The molecule has 0 spiro atoms. The van der Waals surface area contributed by atoms with Gasteiger partial charge < -0.3 is 15.0 Å². The second-order valence-corrected chi connectivity index (χ2v) is 5.49. The van der Waals surface area contributed by atoms with Gasteiger partial charge in [0, 0.05) is 36.8 Å². The highest BCUT2D eigenvalue weighted by Gasteiger charge is 2.16. The number of hydrogen-bond acceptors (Lipinski definition) is 4. The van der Waals surface area contributed by atoms with Crippen LogP contribution in [0, 0.1) is 6.92 Å². The molecule has 0 saturated heterocycles. The monoisotopic (exact) mass is 328 g/mol. The fourth-order valence-electron chi connectivity index (χ4n) is 2.47. The van der Waals surface area contributed by atoms with E-state index in [1.165, 1.54) is 0 Å². The zero-order valence-corrected chi connectivity index (χ0v) is 13.9. The van der Waals surface area contributed by atoms with E-state index in [9.17, 15) is 0 Å². The number of nitrogens with zero attached hydrogens (tertiary/aromatic N) is 2. The van der Waals surface area contributed by atoms with Crippen LogP contribution in [0.4, 0.5) is 5.69 Å². The number of pyridine rings is 1. The number of halogens is 1. The summed E-state index contributed by atoms with van der Waals surface area (Å²) in [7, 11) is 3.45. The van der Waals surface area contributed by atoms with Crippen LogP contribution >= 0.6 is 11.6 Å². The molecule has 5 nitrogen and oxygen atoms in total. The number of rotatable bonds is 4. The lowest BCUT2D eigenvalue weighted by molar-refractivity contribution is 0.416. The molecule has 3 aromatic rings. The van der Waals surface area contributed by atoms with Gasteiger partial charge >= 0.3 is 0 Å². The third-order valence-corrected chi connectivity index (χ3v) is 3.95. The number of methoxy groups -OCH3 is 1. The van der Waals surface area contributed by atoms with Crippen molar-refractivity contribution in [3.63, 3.8) is 0 Å². The minimum absolute atomic E-state index is 0.611. The van der Waals surface area contributed by atoms with Crippen molar-refractivity contribution in [1.82, 2.24) is 15.0 Å². The Bertz CT molecular complexity index is 830. The molecule has 0 radical (unpaired) electrons. The number of anilines is 1. The lowest BCUT2D eigenvalue weighted by Gasteiger charge is -2.11. The topological polar surface area (TPSA) is 62.8 Å². The van der Waals surface area contributed by atoms with E-state index in [1.807, 2.05) is 38.2 Å². The Kier molecular flexibility index (Phi) is 4.21. The third kappa shape index (κ3) is 2.87. The van der Waals surface area contributed by atoms with Crippen molar-refractivity contribution in [2.24, 2.45) is 0 Å². The van der Waals surface area contributed by atoms with Gasteiger partial charge in [-0.2, -0.15) is 0 Å². The molecule has 0 aliphatic carbocycles. The zero-order valence-electron chi connectivity index (χ0n) is 13.1. The third-order valence-electron chi connectivity index (χ3n) is 3.63. The van der Waals surface area contributed by atoms with Crippen LogP contribution in [0.1, 0.15) is 5.69 Å². The summed E-state index contributed by atoms with van der Waals surface area (Å²) in [6.07, 6.45) is 3.53. The van der Waals surface area contributed by atoms with Crippen LogP contribution in [-0.4, -0.2) is 29.1 Å². The van der Waals surface area contributed by atoms with E-state index in [2.05, 4.69) is 15.3 Å². The van der Waals surface area contributed by atoms with E-state index in [0.717, 1.165) is 28.2 Å². The van der Waals surface area contributed by atoms with Crippen molar-refractivity contribution in [1.29, 1.82) is 0 Å². The summed E-state index contributed by atoms with van der Waals surface area (Å²) in [4.78, 5) is 12.1. The Labute approximate surface area is 139 Å². The van der Waals surface area contributed by atoms with Crippen LogP contribution in [0.2, 0.25) is 5.02 Å². The lowest BCUT2D eigenvalue weighted by atomic mass is 10.1. The summed E-state index contributed by atoms with van der Waals surface area (Å²) in [5, 5.41) is 3.65. The van der Waals surface area contributed by atoms with Gasteiger partial charge in [0.05, 0.1) is 29.1 Å². The second-order valence-electron chi connectivity index (χ2n) is 5.08. The molecule has 0 amide bonds. The maximum absolute atomic E-state index is 6.30. The SMILES string of the molecule is CNc1cc(OC)c(-c2nc(-c3cccnc3)c(C)[nH]2)cc1Cl. The van der Waals surface area contributed by atoms with Crippen LogP contribution in [-0.2, 0) is 0 Å². The van der Waals surface area contributed by atoms with Crippen molar-refractivity contribution in [2.75, 3.05) is 19.5 Å². The molecule has 0 aliphatic rings. The van der Waals surface area contributed by atoms with E-state index < -0.39 is 0 Å². The molecule has 0 saturated carbocycles. The number of benzene rings is 1. The van der Waals surface area contributed by atoms with Crippen molar-refractivity contribution in [3.05, 3.63) is 47.4 Å². The predicted molar refractivity (Wildman–Crippen MR) is 93.1 cm³/mol. The van der Waals surface area contributed by atoms with E-state index in [1.54, 1.807) is 19.5 Å². The summed E-state index contributed by atoms with van der Waals surface area (Å²) >= 11 is 6.30. The van der Waals surface area contributed by atoms with Crippen LogP contribution in [0.15, 0.2) is 36.7 Å². The molecule has 1 aromatic carbocycles. The average molecular weight is 329 g/mol. The molecule has 0 atom stereocenters. The number of aromatic amines is 1. The summed E-state index contributed by atoms with van der Waals surface area (Å²) in [5.41, 5.74) is 4.41. The molecule has 0 bridgehead atoms. The van der Waals surface area contributed by atoms with Gasteiger partial charge in [-0.25, -0.2) is 4.98 Å². The van der Waals surface area contributed by atoms with Gasteiger partial charge in [-0.05, 0) is 25.1 Å². The molecular weight excluding hydrogens is 312 g/mol. The van der Waals surface area contributed by atoms with Gasteiger partial charge in [-0.15, -0.1) is 0 Å². The second kappa shape index (κ2) is 6.30. The smallest absolute Gasteiger partial charge is 0.142 e. The fraction of sp³-hybridized carbons (Fsp3) is 0.176. The molecule has 0 aliphatic heterocycles. The zero-order chi connectivity index (χ0) is 16.4. The van der Waals surface area contributed by atoms with Crippen LogP contribution in [0.5, 0.6) is 5.75 Å². The number of aryl methyl sites for hydroxylation is 1. The molecule has 0 fully saturated rings. The molecule has 3 rings (SSSR count). The molecule has 118 valence electrons. The van der Waals surface area contributed by atoms with Crippen LogP contribution < -0.4 is 10.1 Å². The molecule has 6 heteroatoms. The molecule has 23 heavy (non-hydrogen) atoms. The first-order chi connectivity index (χ1) is 11.1. The number of ether oxygens (including phenoxy) is 1. The molecule has 0 unspecified atom stereocenters. The van der Waals surface area contributed by atoms with E-state index in [4.69, 9.17) is 21.3 Å². The summed E-state index contributed by atoms with van der Waals surface area (Å²) in [6.45, 7) is 1.98. The Morgan fingerprint density at radius 3 is 2.78 bits per heavy atom. The predicted octanol–water partition coefficient (Wildman–Crippen LogP) is 4.15. The van der Waals surface area contributed by atoms with Gasteiger partial charge in [-0.3, -0.25) is 4.98 Å². The summed E-state index contributed by atoms with van der Waals surface area (Å²) in [5.74, 6) is 1.41. The largest absolute Gasteiger partial charge is 0.496 e. The van der Waals surface area contributed by atoms with Crippen LogP contribution in [0.3, 0.4) is 0 Å². The summed E-state index contributed by atoms with van der Waals surface area (Å²) in [6, 6.07) is 7.58. The van der Waals surface area contributed by atoms with Gasteiger partial charge in [-0.1, -0.05) is 11.6 Å².